The first-order valence-electron chi connectivity index (χ1n) is 12.9. The van der Waals surface area contributed by atoms with Gasteiger partial charge in [0.15, 0.2) is 0 Å². The van der Waals surface area contributed by atoms with Crippen molar-refractivity contribution in [2.75, 3.05) is 7.11 Å². The highest BCUT2D eigenvalue weighted by Crippen LogP contribution is 2.54. The number of hydrogen-bond acceptors (Lipinski definition) is 6. The van der Waals surface area contributed by atoms with E-state index < -0.39 is 22.8 Å². The van der Waals surface area contributed by atoms with Gasteiger partial charge in [-0.1, -0.05) is 54.6 Å². The van der Waals surface area contributed by atoms with Crippen molar-refractivity contribution in [2.45, 2.75) is 57.2 Å². The third-order valence-corrected chi connectivity index (χ3v) is 8.34. The van der Waals surface area contributed by atoms with E-state index in [-0.39, 0.29) is 0 Å². The number of ether oxygens (including phenoxy) is 1. The van der Waals surface area contributed by atoms with E-state index in [4.69, 9.17) is 9.72 Å². The van der Waals surface area contributed by atoms with Crippen molar-refractivity contribution in [1.29, 1.82) is 0 Å². The van der Waals surface area contributed by atoms with E-state index in [1.807, 2.05) is 69.3 Å². The molecule has 1 fully saturated rings. The summed E-state index contributed by atoms with van der Waals surface area (Å²) in [5, 5.41) is 21.7. The highest BCUT2D eigenvalue weighted by atomic mass is 32.1. The maximum absolute atomic E-state index is 12.5. The van der Waals surface area contributed by atoms with Crippen LogP contribution in [0.3, 0.4) is 0 Å². The number of rotatable bonds is 6. The summed E-state index contributed by atoms with van der Waals surface area (Å²) >= 11 is 1.59. The second-order valence-corrected chi connectivity index (χ2v) is 12.4. The van der Waals surface area contributed by atoms with Crippen LogP contribution in [0.4, 0.5) is 4.79 Å². The van der Waals surface area contributed by atoms with E-state index in [2.05, 4.69) is 17.1 Å². The SMILES string of the molecule is COc1cncc(-c2nc(-c3ccc(C4(N(C(=O)O)C(C)(C)C)CC(C)(O)C4)cc3)c(-c3ccccc3)s2)c1. The maximum Gasteiger partial charge on any atom is 0.408 e. The highest BCUT2D eigenvalue weighted by molar-refractivity contribution is 7.19. The molecule has 0 bridgehead atoms. The topological polar surface area (TPSA) is 95.8 Å². The van der Waals surface area contributed by atoms with Gasteiger partial charge < -0.3 is 14.9 Å². The van der Waals surface area contributed by atoms with Crippen LogP contribution in [-0.2, 0) is 5.54 Å². The van der Waals surface area contributed by atoms with Gasteiger partial charge in [0.1, 0.15) is 10.8 Å². The second kappa shape index (κ2) is 9.77. The number of aliphatic hydroxyl groups is 1. The summed E-state index contributed by atoms with van der Waals surface area (Å²) in [6, 6.07) is 20.0. The molecule has 1 saturated carbocycles. The molecule has 1 amide bonds. The first-order chi connectivity index (χ1) is 18.4. The average molecular weight is 544 g/mol. The molecule has 0 atom stereocenters. The quantitative estimate of drug-likeness (QED) is 0.270. The Balaban J connectivity index is 1.60. The Morgan fingerprint density at radius 1 is 1.00 bits per heavy atom. The Labute approximate surface area is 232 Å². The fraction of sp³-hybridized carbons (Fsp3) is 0.323. The lowest BCUT2D eigenvalue weighted by Crippen LogP contribution is -2.67. The standard InChI is InChI=1S/C31H33N3O4S/c1-29(2,3)34(28(35)36)31(18-30(4,37)19-31)23-13-11-20(12-14-23)25-26(21-9-7-6-8-10-21)39-27(33-25)22-15-24(38-5)17-32-16-22/h6-17,37H,18-19H2,1-5H3,(H,35,36). The van der Waals surface area contributed by atoms with Crippen molar-refractivity contribution in [3.05, 3.63) is 78.6 Å². The molecule has 8 heteroatoms. The molecule has 5 rings (SSSR count). The van der Waals surface area contributed by atoms with Crippen molar-refractivity contribution in [1.82, 2.24) is 14.9 Å². The Bertz CT molecular complexity index is 1480. The molecule has 0 saturated heterocycles. The number of aromatic nitrogens is 2. The molecule has 0 spiro atoms. The average Bonchev–Trinajstić information content (AvgIpc) is 3.33. The molecular weight excluding hydrogens is 510 g/mol. The Kier molecular flexibility index (Phi) is 6.73. The van der Waals surface area contributed by atoms with Gasteiger partial charge in [-0.2, -0.15) is 0 Å². The minimum Gasteiger partial charge on any atom is -0.495 e. The smallest absolute Gasteiger partial charge is 0.408 e. The van der Waals surface area contributed by atoms with Crippen LogP contribution < -0.4 is 4.74 Å². The lowest BCUT2D eigenvalue weighted by atomic mass is 9.60. The third-order valence-electron chi connectivity index (χ3n) is 7.19. The van der Waals surface area contributed by atoms with E-state index in [1.165, 1.54) is 4.90 Å². The fourth-order valence-electron chi connectivity index (χ4n) is 5.82. The predicted octanol–water partition coefficient (Wildman–Crippen LogP) is 7.07. The number of hydrogen-bond donors (Lipinski definition) is 2. The summed E-state index contributed by atoms with van der Waals surface area (Å²) in [7, 11) is 1.62. The zero-order chi connectivity index (χ0) is 28.0. The number of nitrogens with zero attached hydrogens (tertiary/aromatic N) is 3. The van der Waals surface area contributed by atoms with Gasteiger partial charge in [-0.25, -0.2) is 9.78 Å². The second-order valence-electron chi connectivity index (χ2n) is 11.4. The molecule has 0 unspecified atom stereocenters. The molecule has 1 aliphatic carbocycles. The Morgan fingerprint density at radius 3 is 2.23 bits per heavy atom. The van der Waals surface area contributed by atoms with Crippen LogP contribution in [0.5, 0.6) is 5.75 Å². The molecule has 2 heterocycles. The van der Waals surface area contributed by atoms with Gasteiger partial charge in [0.2, 0.25) is 0 Å². The molecule has 2 N–H and O–H groups in total. The van der Waals surface area contributed by atoms with Crippen LogP contribution in [0.25, 0.3) is 32.3 Å². The van der Waals surface area contributed by atoms with Crippen LogP contribution >= 0.6 is 11.3 Å². The number of methoxy groups -OCH3 is 1. The van der Waals surface area contributed by atoms with Gasteiger partial charge in [-0.3, -0.25) is 9.88 Å². The van der Waals surface area contributed by atoms with Gasteiger partial charge >= 0.3 is 6.09 Å². The predicted molar refractivity (Wildman–Crippen MR) is 154 cm³/mol. The van der Waals surface area contributed by atoms with Crippen molar-refractivity contribution in [3.63, 3.8) is 0 Å². The summed E-state index contributed by atoms with van der Waals surface area (Å²) in [6.45, 7) is 7.43. The normalized spacial score (nSPS) is 20.8. The lowest BCUT2D eigenvalue weighted by molar-refractivity contribution is -0.152. The zero-order valence-corrected chi connectivity index (χ0v) is 23.6. The van der Waals surface area contributed by atoms with Crippen LogP contribution in [0.1, 0.15) is 46.1 Å². The maximum atomic E-state index is 12.5. The van der Waals surface area contributed by atoms with E-state index in [1.54, 1.807) is 37.8 Å². The summed E-state index contributed by atoms with van der Waals surface area (Å²) in [4.78, 5) is 24.3. The molecule has 202 valence electrons. The number of amides is 1. The Morgan fingerprint density at radius 2 is 1.67 bits per heavy atom. The monoisotopic (exact) mass is 543 g/mol. The van der Waals surface area contributed by atoms with E-state index in [0.29, 0.717) is 18.6 Å². The van der Waals surface area contributed by atoms with Gasteiger partial charge in [-0.05, 0) is 44.9 Å². The van der Waals surface area contributed by atoms with Gasteiger partial charge in [0.05, 0.1) is 35.0 Å². The van der Waals surface area contributed by atoms with Crippen LogP contribution in [-0.4, -0.2) is 49.4 Å². The molecule has 0 aliphatic heterocycles. The summed E-state index contributed by atoms with van der Waals surface area (Å²) in [5.41, 5.74) is 2.19. The third kappa shape index (κ3) is 5.02. The fourth-order valence-corrected chi connectivity index (χ4v) is 6.90. The largest absolute Gasteiger partial charge is 0.495 e. The minimum absolute atomic E-state index is 0.335. The molecule has 2 aromatic carbocycles. The summed E-state index contributed by atoms with van der Waals surface area (Å²) in [5.74, 6) is 0.665. The summed E-state index contributed by atoms with van der Waals surface area (Å²) < 4.78 is 5.37. The molecule has 2 aromatic heterocycles. The first-order valence-corrected chi connectivity index (χ1v) is 13.7. The van der Waals surface area contributed by atoms with Crippen molar-refractivity contribution < 1.29 is 19.7 Å². The van der Waals surface area contributed by atoms with E-state index in [0.717, 1.165) is 37.8 Å². The number of benzene rings is 2. The van der Waals surface area contributed by atoms with E-state index >= 15 is 0 Å². The molecule has 39 heavy (non-hydrogen) atoms. The molecular formula is C31H33N3O4S. The van der Waals surface area contributed by atoms with Crippen molar-refractivity contribution in [3.8, 4) is 38.0 Å². The minimum atomic E-state index is -0.996. The van der Waals surface area contributed by atoms with Crippen LogP contribution in [0.2, 0.25) is 0 Å². The van der Waals surface area contributed by atoms with Gasteiger partial charge in [0, 0.05) is 35.7 Å². The number of thiazole rings is 1. The zero-order valence-electron chi connectivity index (χ0n) is 22.8. The van der Waals surface area contributed by atoms with Crippen molar-refractivity contribution >= 4 is 17.4 Å². The lowest BCUT2D eigenvalue weighted by Gasteiger charge is -2.60. The summed E-state index contributed by atoms with van der Waals surface area (Å²) in [6.07, 6.45) is 3.12. The van der Waals surface area contributed by atoms with Gasteiger partial charge in [-0.15, -0.1) is 11.3 Å². The van der Waals surface area contributed by atoms with Crippen molar-refractivity contribution in [2.24, 2.45) is 0 Å². The highest BCUT2D eigenvalue weighted by Gasteiger charge is 2.59. The number of pyridine rings is 1. The van der Waals surface area contributed by atoms with Crippen LogP contribution in [0.15, 0.2) is 73.1 Å². The molecule has 4 aromatic rings. The van der Waals surface area contributed by atoms with Gasteiger partial charge in [0.25, 0.3) is 0 Å². The molecule has 7 nitrogen and oxygen atoms in total. The number of carbonyl (C=O) groups is 1. The number of carboxylic acid groups (broad SMARTS) is 1. The van der Waals surface area contributed by atoms with Crippen LogP contribution in [0, 0.1) is 0 Å². The Hall–Kier alpha value is -3.75. The van der Waals surface area contributed by atoms with E-state index in [9.17, 15) is 15.0 Å². The first kappa shape index (κ1) is 26.8. The molecule has 1 aliphatic rings. The molecule has 0 radical (unpaired) electrons.